The lowest BCUT2D eigenvalue weighted by Crippen LogP contribution is -2.30. The predicted molar refractivity (Wildman–Crippen MR) is 88.1 cm³/mol. The summed E-state index contributed by atoms with van der Waals surface area (Å²) in [7, 11) is 1.83. The van der Waals surface area contributed by atoms with Crippen molar-refractivity contribution in [1.82, 2.24) is 5.32 Å². The molecule has 112 valence electrons. The minimum Gasteiger partial charge on any atom is -0.316 e. The highest BCUT2D eigenvalue weighted by molar-refractivity contribution is 6.36. The van der Waals surface area contributed by atoms with E-state index in [1.54, 1.807) is 36.4 Å². The van der Waals surface area contributed by atoms with E-state index < -0.39 is 0 Å². The molecule has 0 aliphatic heterocycles. The summed E-state index contributed by atoms with van der Waals surface area (Å²) in [6.45, 7) is 0. The molecule has 0 saturated heterocycles. The summed E-state index contributed by atoms with van der Waals surface area (Å²) >= 11 is 18.2. The van der Waals surface area contributed by atoms with Gasteiger partial charge in [-0.25, -0.2) is 4.39 Å². The van der Waals surface area contributed by atoms with Crippen molar-refractivity contribution in [3.05, 3.63) is 68.4 Å². The third-order valence-electron chi connectivity index (χ3n) is 3.42. The van der Waals surface area contributed by atoms with Gasteiger partial charge in [-0.15, -0.1) is 0 Å². The van der Waals surface area contributed by atoms with Gasteiger partial charge in [-0.1, -0.05) is 53.0 Å². The van der Waals surface area contributed by atoms with Crippen LogP contribution >= 0.6 is 34.8 Å². The quantitative estimate of drug-likeness (QED) is 0.788. The molecule has 1 N–H and O–H groups in total. The Balaban J connectivity index is 2.19. The normalized spacial score (nSPS) is 12.4. The summed E-state index contributed by atoms with van der Waals surface area (Å²) in [6.07, 6.45) is 1.12. The molecule has 0 saturated carbocycles. The minimum atomic E-state index is -0.371. The number of rotatable bonds is 5. The van der Waals surface area contributed by atoms with Gasteiger partial charge in [-0.2, -0.15) is 0 Å². The first kappa shape index (κ1) is 16.6. The molecule has 2 aromatic carbocycles. The molecule has 21 heavy (non-hydrogen) atoms. The van der Waals surface area contributed by atoms with Gasteiger partial charge in [0.1, 0.15) is 5.82 Å². The van der Waals surface area contributed by atoms with E-state index in [0.29, 0.717) is 28.5 Å². The van der Waals surface area contributed by atoms with Gasteiger partial charge >= 0.3 is 0 Å². The second-order valence-electron chi connectivity index (χ2n) is 4.81. The third kappa shape index (κ3) is 4.10. The lowest BCUT2D eigenvalue weighted by atomic mass is 9.98. The fraction of sp³-hybridized carbons (Fsp3) is 0.250. The topological polar surface area (TPSA) is 12.0 Å². The second kappa shape index (κ2) is 7.46. The smallest absolute Gasteiger partial charge is 0.145 e. The van der Waals surface area contributed by atoms with Gasteiger partial charge in [0.05, 0.1) is 5.02 Å². The molecule has 2 rings (SSSR count). The maximum absolute atomic E-state index is 14.0. The van der Waals surface area contributed by atoms with E-state index in [-0.39, 0.29) is 16.9 Å². The summed E-state index contributed by atoms with van der Waals surface area (Å²) in [5.74, 6) is -0.371. The van der Waals surface area contributed by atoms with Gasteiger partial charge in [-0.3, -0.25) is 0 Å². The molecule has 0 bridgehead atoms. The van der Waals surface area contributed by atoms with Gasteiger partial charge in [0.2, 0.25) is 0 Å². The van der Waals surface area contributed by atoms with Gasteiger partial charge in [-0.05, 0) is 49.2 Å². The molecule has 1 atom stereocenters. The van der Waals surface area contributed by atoms with Crippen LogP contribution in [-0.2, 0) is 12.8 Å². The van der Waals surface area contributed by atoms with Crippen LogP contribution < -0.4 is 5.32 Å². The molecule has 0 fully saturated rings. The minimum absolute atomic E-state index is 0.00960. The lowest BCUT2D eigenvalue weighted by molar-refractivity contribution is 0.532. The molecule has 0 spiro atoms. The van der Waals surface area contributed by atoms with E-state index in [2.05, 4.69) is 5.32 Å². The van der Waals surface area contributed by atoms with Gasteiger partial charge in [0, 0.05) is 16.1 Å². The molecule has 0 aliphatic rings. The molecule has 0 aliphatic carbocycles. The zero-order valence-corrected chi connectivity index (χ0v) is 13.7. The average molecular weight is 347 g/mol. The molecular formula is C16H15Cl3FN. The number of hydrogen-bond donors (Lipinski definition) is 1. The maximum atomic E-state index is 14.0. The summed E-state index contributed by atoms with van der Waals surface area (Å²) in [6, 6.07) is 10.4. The Kier molecular flexibility index (Phi) is 5.88. The molecule has 0 aromatic heterocycles. The van der Waals surface area contributed by atoms with Crippen molar-refractivity contribution in [2.45, 2.75) is 18.9 Å². The average Bonchev–Trinajstić information content (AvgIpc) is 2.46. The van der Waals surface area contributed by atoms with Crippen LogP contribution in [0, 0.1) is 5.82 Å². The largest absolute Gasteiger partial charge is 0.316 e. The van der Waals surface area contributed by atoms with Crippen LogP contribution in [0.5, 0.6) is 0 Å². The van der Waals surface area contributed by atoms with Crippen LogP contribution in [-0.4, -0.2) is 13.1 Å². The monoisotopic (exact) mass is 345 g/mol. The first-order valence-corrected chi connectivity index (χ1v) is 7.69. The van der Waals surface area contributed by atoms with Gasteiger partial charge in [0.15, 0.2) is 0 Å². The van der Waals surface area contributed by atoms with Crippen LogP contribution in [0.2, 0.25) is 15.1 Å². The lowest BCUT2D eigenvalue weighted by Gasteiger charge is -2.18. The van der Waals surface area contributed by atoms with Crippen LogP contribution in [0.25, 0.3) is 0 Å². The Labute approximate surface area is 139 Å². The number of likely N-dealkylation sites (N-methyl/N-ethyl adjacent to an activating group) is 1. The van der Waals surface area contributed by atoms with Gasteiger partial charge in [0.25, 0.3) is 0 Å². The Morgan fingerprint density at radius 2 is 1.52 bits per heavy atom. The fourth-order valence-corrected chi connectivity index (χ4v) is 2.97. The van der Waals surface area contributed by atoms with Crippen LogP contribution in [0.3, 0.4) is 0 Å². The number of nitrogens with one attached hydrogen (secondary N) is 1. The summed E-state index contributed by atoms with van der Waals surface area (Å²) in [5, 5.41) is 4.55. The molecule has 1 unspecified atom stereocenters. The Bertz CT molecular complexity index is 611. The Hall–Kier alpha value is -0.800. The van der Waals surface area contributed by atoms with Crippen molar-refractivity contribution >= 4 is 34.8 Å². The Morgan fingerprint density at radius 1 is 0.952 bits per heavy atom. The van der Waals surface area contributed by atoms with E-state index in [0.717, 1.165) is 5.56 Å². The van der Waals surface area contributed by atoms with E-state index >= 15 is 0 Å². The predicted octanol–water partition coefficient (Wildman–Crippen LogP) is 5.16. The molecule has 0 radical (unpaired) electrons. The standard InChI is InChI=1S/C16H15Cl3FN/c1-21-11(8-10-4-2-7-15(19)16(10)20)9-12-13(17)5-3-6-14(12)18/h2-7,11,21H,8-9H2,1H3. The summed E-state index contributed by atoms with van der Waals surface area (Å²) < 4.78 is 14.0. The van der Waals surface area contributed by atoms with Crippen molar-refractivity contribution in [3.63, 3.8) is 0 Å². The van der Waals surface area contributed by atoms with Crippen molar-refractivity contribution in [2.24, 2.45) is 0 Å². The molecule has 1 nitrogen and oxygen atoms in total. The molecule has 0 amide bonds. The van der Waals surface area contributed by atoms with E-state index in [1.165, 1.54) is 0 Å². The summed E-state index contributed by atoms with van der Waals surface area (Å²) in [4.78, 5) is 0. The van der Waals surface area contributed by atoms with E-state index in [1.807, 2.05) is 7.05 Å². The third-order valence-corrected chi connectivity index (χ3v) is 4.42. The van der Waals surface area contributed by atoms with Crippen LogP contribution in [0.1, 0.15) is 11.1 Å². The van der Waals surface area contributed by atoms with E-state index in [9.17, 15) is 4.39 Å². The first-order chi connectivity index (χ1) is 10.0. The summed E-state index contributed by atoms with van der Waals surface area (Å²) in [5.41, 5.74) is 1.44. The van der Waals surface area contributed by atoms with E-state index in [4.69, 9.17) is 34.8 Å². The van der Waals surface area contributed by atoms with Crippen LogP contribution in [0.4, 0.5) is 4.39 Å². The van der Waals surface area contributed by atoms with Crippen molar-refractivity contribution < 1.29 is 4.39 Å². The van der Waals surface area contributed by atoms with Crippen molar-refractivity contribution in [1.29, 1.82) is 0 Å². The molecule has 2 aromatic rings. The second-order valence-corrected chi connectivity index (χ2v) is 6.03. The maximum Gasteiger partial charge on any atom is 0.145 e. The van der Waals surface area contributed by atoms with Crippen molar-refractivity contribution in [2.75, 3.05) is 7.05 Å². The van der Waals surface area contributed by atoms with Crippen LogP contribution in [0.15, 0.2) is 36.4 Å². The highest BCUT2D eigenvalue weighted by Gasteiger charge is 2.16. The highest BCUT2D eigenvalue weighted by Crippen LogP contribution is 2.27. The number of halogens is 4. The molecule has 0 heterocycles. The Morgan fingerprint density at radius 3 is 2.14 bits per heavy atom. The fourth-order valence-electron chi connectivity index (χ4n) is 2.22. The highest BCUT2D eigenvalue weighted by atomic mass is 35.5. The number of hydrogen-bond acceptors (Lipinski definition) is 1. The zero-order valence-electron chi connectivity index (χ0n) is 11.5. The SMILES string of the molecule is CNC(Cc1cccc(Cl)c1F)Cc1c(Cl)cccc1Cl. The van der Waals surface area contributed by atoms with Gasteiger partial charge < -0.3 is 5.32 Å². The van der Waals surface area contributed by atoms with Crippen molar-refractivity contribution in [3.8, 4) is 0 Å². The zero-order chi connectivity index (χ0) is 15.4. The molecular weight excluding hydrogens is 332 g/mol. The molecule has 5 heteroatoms. The first-order valence-electron chi connectivity index (χ1n) is 6.56. The number of benzene rings is 2.